The van der Waals surface area contributed by atoms with Crippen molar-refractivity contribution in [1.82, 2.24) is 4.98 Å². The summed E-state index contributed by atoms with van der Waals surface area (Å²) >= 11 is 14.0. The normalized spacial score (nSPS) is 12.8. The van der Waals surface area contributed by atoms with Gasteiger partial charge in [0.1, 0.15) is 5.75 Å². The summed E-state index contributed by atoms with van der Waals surface area (Å²) < 4.78 is 6.02. The van der Waals surface area contributed by atoms with E-state index in [1.807, 2.05) is 18.2 Å². The number of aliphatic carboxylic acids is 1. The number of carbonyl (C=O) groups excluding carboxylic acids is 1. The van der Waals surface area contributed by atoms with E-state index in [0.29, 0.717) is 23.2 Å². The van der Waals surface area contributed by atoms with E-state index in [4.69, 9.17) is 38.0 Å². The summed E-state index contributed by atoms with van der Waals surface area (Å²) in [5, 5.41) is 12.8. The van der Waals surface area contributed by atoms with Crippen LogP contribution in [0.15, 0.2) is 35.9 Å². The molecule has 1 amide bonds. The third-order valence-electron chi connectivity index (χ3n) is 5.52. The van der Waals surface area contributed by atoms with Crippen molar-refractivity contribution in [2.24, 2.45) is 5.92 Å². The van der Waals surface area contributed by atoms with E-state index >= 15 is 0 Å². The highest BCUT2D eigenvalue weighted by molar-refractivity contribution is 7.16. The molecule has 0 saturated carbocycles. The fraction of sp³-hybridized carbons (Fsp3) is 0.269. The zero-order valence-corrected chi connectivity index (χ0v) is 21.8. The van der Waals surface area contributed by atoms with E-state index in [1.54, 1.807) is 0 Å². The number of benzene rings is 2. The Balaban J connectivity index is 1.57. The van der Waals surface area contributed by atoms with Crippen molar-refractivity contribution in [2.75, 3.05) is 11.9 Å². The standard InChI is InChI=1S/C26H24Cl2N2O4S/c1-13(2)12-34-21-6-4-5-17-16(21)7-8-22-23(17)29-26(35-22)30-24(31)15-10-19(27)18(20(28)11-15)9-14(3)25(32)33/h4-6,9-11,13H,7-8,12H2,1-3H3,(H,32,33)(H,29,30,31). The Labute approximate surface area is 217 Å². The molecule has 0 radical (unpaired) electrons. The molecule has 182 valence electrons. The fourth-order valence-electron chi connectivity index (χ4n) is 3.76. The minimum absolute atomic E-state index is 0.0809. The van der Waals surface area contributed by atoms with Crippen LogP contribution < -0.4 is 10.1 Å². The van der Waals surface area contributed by atoms with Crippen LogP contribution in [0, 0.1) is 5.92 Å². The largest absolute Gasteiger partial charge is 0.493 e. The first kappa shape index (κ1) is 25.2. The predicted molar refractivity (Wildman–Crippen MR) is 141 cm³/mol. The molecule has 1 aliphatic rings. The van der Waals surface area contributed by atoms with Crippen LogP contribution in [0.3, 0.4) is 0 Å². The second kappa shape index (κ2) is 10.4. The van der Waals surface area contributed by atoms with Gasteiger partial charge in [0.15, 0.2) is 5.13 Å². The van der Waals surface area contributed by atoms with Gasteiger partial charge >= 0.3 is 5.97 Å². The molecule has 2 aromatic carbocycles. The van der Waals surface area contributed by atoms with Gasteiger partial charge in [-0.2, -0.15) is 0 Å². The lowest BCUT2D eigenvalue weighted by Crippen LogP contribution is -2.12. The number of rotatable bonds is 7. The Morgan fingerprint density at radius 2 is 1.94 bits per heavy atom. The van der Waals surface area contributed by atoms with Crippen molar-refractivity contribution in [1.29, 1.82) is 0 Å². The first-order valence-corrected chi connectivity index (χ1v) is 12.7. The molecule has 35 heavy (non-hydrogen) atoms. The highest BCUT2D eigenvalue weighted by atomic mass is 35.5. The molecule has 6 nitrogen and oxygen atoms in total. The number of carboxylic acid groups (broad SMARTS) is 1. The van der Waals surface area contributed by atoms with Gasteiger partial charge in [0, 0.05) is 32.7 Å². The maximum Gasteiger partial charge on any atom is 0.331 e. The molecule has 0 bridgehead atoms. The maximum atomic E-state index is 12.9. The number of ether oxygens (including phenoxy) is 1. The maximum absolute atomic E-state index is 12.9. The number of carbonyl (C=O) groups is 2. The van der Waals surface area contributed by atoms with E-state index < -0.39 is 11.9 Å². The van der Waals surface area contributed by atoms with Gasteiger partial charge in [-0.3, -0.25) is 10.1 Å². The number of halogens is 2. The number of carboxylic acids is 1. The summed E-state index contributed by atoms with van der Waals surface area (Å²) in [6.45, 7) is 6.32. The average Bonchev–Trinajstić information content (AvgIpc) is 3.22. The van der Waals surface area contributed by atoms with Gasteiger partial charge in [-0.25, -0.2) is 9.78 Å². The van der Waals surface area contributed by atoms with E-state index in [1.165, 1.54) is 36.5 Å². The van der Waals surface area contributed by atoms with Gasteiger partial charge in [0.25, 0.3) is 5.91 Å². The molecule has 2 N–H and O–H groups in total. The number of hydrogen-bond acceptors (Lipinski definition) is 5. The molecule has 4 rings (SSSR count). The lowest BCUT2D eigenvalue weighted by atomic mass is 9.93. The molecule has 0 saturated heterocycles. The summed E-state index contributed by atoms with van der Waals surface area (Å²) in [6.07, 6.45) is 3.04. The minimum atomic E-state index is -1.08. The molecule has 0 unspecified atom stereocenters. The van der Waals surface area contributed by atoms with Gasteiger partial charge in [-0.05, 0) is 50.0 Å². The zero-order chi connectivity index (χ0) is 25.3. The first-order valence-electron chi connectivity index (χ1n) is 11.1. The van der Waals surface area contributed by atoms with Crippen molar-refractivity contribution in [3.8, 4) is 17.0 Å². The van der Waals surface area contributed by atoms with Crippen LogP contribution in [0.2, 0.25) is 10.0 Å². The predicted octanol–water partition coefficient (Wildman–Crippen LogP) is 6.99. The monoisotopic (exact) mass is 530 g/mol. The van der Waals surface area contributed by atoms with Gasteiger partial charge < -0.3 is 9.84 Å². The average molecular weight is 531 g/mol. The smallest absolute Gasteiger partial charge is 0.331 e. The van der Waals surface area contributed by atoms with E-state index in [-0.39, 0.29) is 21.2 Å². The molecule has 1 aliphatic carbocycles. The lowest BCUT2D eigenvalue weighted by Gasteiger charge is -2.19. The number of fused-ring (bicyclic) bond motifs is 3. The van der Waals surface area contributed by atoms with Crippen LogP contribution >= 0.6 is 34.5 Å². The zero-order valence-electron chi connectivity index (χ0n) is 19.4. The first-order chi connectivity index (χ1) is 16.6. The molecule has 0 fully saturated rings. The Hall–Kier alpha value is -2.87. The molecule has 1 aromatic heterocycles. The van der Waals surface area contributed by atoms with Crippen molar-refractivity contribution in [3.63, 3.8) is 0 Å². The van der Waals surface area contributed by atoms with Crippen LogP contribution in [-0.2, 0) is 17.6 Å². The van der Waals surface area contributed by atoms with Gasteiger partial charge in [0.2, 0.25) is 0 Å². The summed E-state index contributed by atoms with van der Waals surface area (Å²) in [7, 11) is 0. The molecule has 0 atom stereocenters. The second-order valence-corrected chi connectivity index (χ2v) is 10.6. The fourth-order valence-corrected chi connectivity index (χ4v) is 5.33. The highest BCUT2D eigenvalue weighted by Crippen LogP contribution is 2.41. The highest BCUT2D eigenvalue weighted by Gasteiger charge is 2.24. The Morgan fingerprint density at radius 1 is 1.23 bits per heavy atom. The quantitative estimate of drug-likeness (QED) is 0.321. The molecule has 0 aliphatic heterocycles. The van der Waals surface area contributed by atoms with E-state index in [2.05, 4.69) is 19.2 Å². The van der Waals surface area contributed by atoms with Crippen molar-refractivity contribution in [2.45, 2.75) is 33.6 Å². The van der Waals surface area contributed by atoms with Crippen LogP contribution in [-0.4, -0.2) is 28.6 Å². The minimum Gasteiger partial charge on any atom is -0.493 e. The Bertz CT molecular complexity index is 1320. The van der Waals surface area contributed by atoms with Gasteiger partial charge in [-0.15, -0.1) is 11.3 Å². The number of aromatic nitrogens is 1. The Morgan fingerprint density at radius 3 is 2.60 bits per heavy atom. The van der Waals surface area contributed by atoms with Crippen LogP contribution in [0.5, 0.6) is 5.75 Å². The van der Waals surface area contributed by atoms with Crippen molar-refractivity contribution in [3.05, 3.63) is 67.5 Å². The second-order valence-electron chi connectivity index (χ2n) is 8.72. The number of amides is 1. The number of nitrogens with one attached hydrogen (secondary N) is 1. The third kappa shape index (κ3) is 5.53. The topological polar surface area (TPSA) is 88.5 Å². The Kier molecular flexibility index (Phi) is 7.50. The summed E-state index contributed by atoms with van der Waals surface area (Å²) in [5.74, 6) is -0.164. The molecule has 1 heterocycles. The van der Waals surface area contributed by atoms with Gasteiger partial charge in [-0.1, -0.05) is 49.2 Å². The van der Waals surface area contributed by atoms with E-state index in [0.717, 1.165) is 40.3 Å². The summed E-state index contributed by atoms with van der Waals surface area (Å²) in [6, 6.07) is 8.92. The SMILES string of the molecule is CC(=Cc1c(Cl)cc(C(=O)Nc2nc3c(s2)CCc2c(OCC(C)C)cccc2-3)cc1Cl)C(=O)O. The van der Waals surface area contributed by atoms with Gasteiger partial charge in [0.05, 0.1) is 22.3 Å². The molecule has 3 aromatic rings. The number of nitrogens with zero attached hydrogens (tertiary/aromatic N) is 1. The van der Waals surface area contributed by atoms with Crippen LogP contribution in [0.1, 0.15) is 47.1 Å². The van der Waals surface area contributed by atoms with E-state index in [9.17, 15) is 9.59 Å². The number of aryl methyl sites for hydroxylation is 1. The third-order valence-corrected chi connectivity index (χ3v) is 7.18. The van der Waals surface area contributed by atoms with Crippen molar-refractivity contribution < 1.29 is 19.4 Å². The molecule has 9 heteroatoms. The molecular formula is C26H24Cl2N2O4S. The number of thiazole rings is 1. The van der Waals surface area contributed by atoms with Crippen LogP contribution in [0.25, 0.3) is 17.3 Å². The molecular weight excluding hydrogens is 507 g/mol. The lowest BCUT2D eigenvalue weighted by molar-refractivity contribution is -0.132. The summed E-state index contributed by atoms with van der Waals surface area (Å²) in [5.41, 5.74) is 3.72. The number of anilines is 1. The molecule has 0 spiro atoms. The van der Waals surface area contributed by atoms with Crippen LogP contribution in [0.4, 0.5) is 5.13 Å². The number of hydrogen-bond donors (Lipinski definition) is 2. The summed E-state index contributed by atoms with van der Waals surface area (Å²) in [4.78, 5) is 29.9. The van der Waals surface area contributed by atoms with Crippen molar-refractivity contribution >= 4 is 57.6 Å².